The lowest BCUT2D eigenvalue weighted by Crippen LogP contribution is -2.42. The van der Waals surface area contributed by atoms with Crippen molar-refractivity contribution in [1.82, 2.24) is 9.88 Å². The molecule has 1 fully saturated rings. The maximum absolute atomic E-state index is 13.0. The molecule has 0 radical (unpaired) electrons. The molecule has 1 aliphatic rings. The molecule has 4 aromatic rings. The van der Waals surface area contributed by atoms with Crippen LogP contribution in [0.3, 0.4) is 0 Å². The molecule has 2 N–H and O–H groups in total. The third-order valence-corrected chi connectivity index (χ3v) is 7.93. The number of hydrogen-bond acceptors (Lipinski definition) is 6. The van der Waals surface area contributed by atoms with Crippen LogP contribution in [0.5, 0.6) is 11.5 Å². The number of anilines is 1. The van der Waals surface area contributed by atoms with Crippen LogP contribution >= 0.6 is 11.3 Å². The lowest BCUT2D eigenvalue weighted by atomic mass is 9.93. The zero-order valence-corrected chi connectivity index (χ0v) is 24.8. The fourth-order valence-electron chi connectivity index (χ4n) is 4.99. The number of nitrogens with one attached hydrogen (secondary N) is 2. The van der Waals surface area contributed by atoms with Crippen LogP contribution in [0.25, 0.3) is 10.2 Å². The Morgan fingerprint density at radius 1 is 0.976 bits per heavy atom. The minimum Gasteiger partial charge on any atom is -0.490 e. The summed E-state index contributed by atoms with van der Waals surface area (Å²) in [6, 6.07) is 19.3. The summed E-state index contributed by atoms with van der Waals surface area (Å²) in [6.07, 6.45) is 3.17. The molecular weight excluding hydrogens is 538 g/mol. The maximum atomic E-state index is 13.0. The molecule has 0 bridgehead atoms. The van der Waals surface area contributed by atoms with E-state index in [-0.39, 0.29) is 24.1 Å². The quantitative estimate of drug-likeness (QED) is 0.230. The van der Waals surface area contributed by atoms with Gasteiger partial charge in [-0.25, -0.2) is 4.79 Å². The first-order valence-corrected chi connectivity index (χ1v) is 14.8. The molecule has 2 amide bonds. The van der Waals surface area contributed by atoms with E-state index in [0.29, 0.717) is 18.1 Å². The SMILES string of the molecule is Cn1c(C(=O)Nc2ccccc2COc2ccc(O[C@H]3CC[C@H](NC(=O)OC(C)(C)C)CC3)cc2)cc2sccc21. The van der Waals surface area contributed by atoms with Gasteiger partial charge in [-0.1, -0.05) is 18.2 Å². The Balaban J connectivity index is 1.10. The van der Waals surface area contributed by atoms with E-state index in [4.69, 9.17) is 14.2 Å². The molecule has 1 saturated carbocycles. The summed E-state index contributed by atoms with van der Waals surface area (Å²) in [6.45, 7) is 5.90. The van der Waals surface area contributed by atoms with Crippen LogP contribution in [0.2, 0.25) is 0 Å². The van der Waals surface area contributed by atoms with Gasteiger partial charge in [-0.3, -0.25) is 4.79 Å². The summed E-state index contributed by atoms with van der Waals surface area (Å²) >= 11 is 1.62. The van der Waals surface area contributed by atoms with Crippen LogP contribution in [-0.4, -0.2) is 34.3 Å². The Hall–Kier alpha value is -3.98. The third-order valence-electron chi connectivity index (χ3n) is 7.08. The molecule has 0 unspecified atom stereocenters. The number of para-hydroxylation sites is 1. The average molecular weight is 576 g/mol. The van der Waals surface area contributed by atoms with E-state index in [1.54, 1.807) is 11.3 Å². The molecule has 0 atom stereocenters. The van der Waals surface area contributed by atoms with E-state index in [0.717, 1.165) is 52.9 Å². The van der Waals surface area contributed by atoms with Crippen molar-refractivity contribution in [3.8, 4) is 11.5 Å². The largest absolute Gasteiger partial charge is 0.490 e. The molecule has 2 aromatic carbocycles. The monoisotopic (exact) mass is 575 g/mol. The third kappa shape index (κ3) is 7.41. The number of fused-ring (bicyclic) bond motifs is 1. The predicted molar refractivity (Wildman–Crippen MR) is 162 cm³/mol. The number of aryl methyl sites for hydroxylation is 1. The van der Waals surface area contributed by atoms with Gasteiger partial charge < -0.3 is 29.4 Å². The van der Waals surface area contributed by atoms with Crippen molar-refractivity contribution in [2.45, 2.75) is 70.8 Å². The second-order valence-corrected chi connectivity index (χ2v) is 12.3. The van der Waals surface area contributed by atoms with E-state index >= 15 is 0 Å². The molecule has 8 nitrogen and oxygen atoms in total. The molecule has 0 saturated heterocycles. The van der Waals surface area contributed by atoms with Crippen molar-refractivity contribution < 1.29 is 23.8 Å². The first kappa shape index (κ1) is 28.5. The number of alkyl carbamates (subject to hydrolysis) is 1. The molecule has 0 spiro atoms. The molecule has 1 aliphatic carbocycles. The Labute approximate surface area is 244 Å². The molecule has 0 aliphatic heterocycles. The molecular formula is C32H37N3O5S. The molecule has 41 heavy (non-hydrogen) atoms. The number of thiophene rings is 1. The van der Waals surface area contributed by atoms with E-state index in [1.165, 1.54) is 0 Å². The molecule has 9 heteroatoms. The first-order chi connectivity index (χ1) is 19.6. The van der Waals surface area contributed by atoms with Gasteiger partial charge in [-0.05, 0) is 94.3 Å². The number of carbonyl (C=O) groups excluding carboxylic acids is 2. The Morgan fingerprint density at radius 2 is 1.68 bits per heavy atom. The molecule has 2 aromatic heterocycles. The topological polar surface area (TPSA) is 90.8 Å². The second kappa shape index (κ2) is 12.3. The van der Waals surface area contributed by atoms with Crippen LogP contribution in [0.4, 0.5) is 10.5 Å². The van der Waals surface area contributed by atoms with Crippen LogP contribution in [-0.2, 0) is 18.4 Å². The second-order valence-electron chi connectivity index (χ2n) is 11.4. The average Bonchev–Trinajstić information content (AvgIpc) is 3.52. The van der Waals surface area contributed by atoms with Crippen LogP contribution < -0.4 is 20.1 Å². The Kier molecular flexibility index (Phi) is 8.54. The predicted octanol–water partition coefficient (Wildman–Crippen LogP) is 7.29. The summed E-state index contributed by atoms with van der Waals surface area (Å²) < 4.78 is 20.6. The van der Waals surface area contributed by atoms with Gasteiger partial charge in [0.1, 0.15) is 29.4 Å². The van der Waals surface area contributed by atoms with Gasteiger partial charge in [0, 0.05) is 24.3 Å². The highest BCUT2D eigenvalue weighted by molar-refractivity contribution is 7.17. The minimum atomic E-state index is -0.501. The fraction of sp³-hybridized carbons (Fsp3) is 0.375. The number of carbonyl (C=O) groups is 2. The zero-order chi connectivity index (χ0) is 29.0. The summed E-state index contributed by atoms with van der Waals surface area (Å²) in [5.41, 5.74) is 2.77. The summed E-state index contributed by atoms with van der Waals surface area (Å²) in [5.74, 6) is 1.35. The molecule has 5 rings (SSSR count). The number of ether oxygens (including phenoxy) is 3. The van der Waals surface area contributed by atoms with Crippen LogP contribution in [0.1, 0.15) is 62.5 Å². The normalized spacial score (nSPS) is 17.2. The fourth-order valence-corrected chi connectivity index (χ4v) is 5.84. The van der Waals surface area contributed by atoms with E-state index in [9.17, 15) is 9.59 Å². The van der Waals surface area contributed by atoms with Crippen molar-refractivity contribution in [2.75, 3.05) is 5.32 Å². The number of rotatable bonds is 8. The van der Waals surface area contributed by atoms with Gasteiger partial charge >= 0.3 is 6.09 Å². The number of hydrogen-bond donors (Lipinski definition) is 2. The first-order valence-electron chi connectivity index (χ1n) is 14.0. The van der Waals surface area contributed by atoms with Gasteiger partial charge in [0.2, 0.25) is 0 Å². The standard InChI is InChI=1S/C32H37N3O5S/c1-32(2,3)40-31(37)33-22-9-11-24(12-10-22)39-25-15-13-23(14-16-25)38-20-21-7-5-6-8-26(21)34-30(36)28-19-29-27(35(28)4)17-18-41-29/h5-8,13-19,22,24H,9-12,20H2,1-4H3,(H,33,37)(H,34,36)/t22-,24-. The van der Waals surface area contributed by atoms with Crippen molar-refractivity contribution in [1.29, 1.82) is 0 Å². The Bertz CT molecular complexity index is 1490. The molecule has 2 heterocycles. The highest BCUT2D eigenvalue weighted by Gasteiger charge is 2.25. The molecule has 216 valence electrons. The van der Waals surface area contributed by atoms with Crippen molar-refractivity contribution >= 4 is 39.2 Å². The summed E-state index contributed by atoms with van der Waals surface area (Å²) in [5, 5.41) is 8.04. The zero-order valence-electron chi connectivity index (χ0n) is 23.9. The van der Waals surface area contributed by atoms with Crippen molar-refractivity contribution in [3.05, 3.63) is 77.3 Å². The van der Waals surface area contributed by atoms with E-state index in [2.05, 4.69) is 10.6 Å². The summed E-state index contributed by atoms with van der Waals surface area (Å²) in [4.78, 5) is 25.1. The van der Waals surface area contributed by atoms with Crippen LogP contribution in [0, 0.1) is 0 Å². The highest BCUT2D eigenvalue weighted by Crippen LogP contribution is 2.28. The maximum Gasteiger partial charge on any atom is 0.407 e. The number of benzene rings is 2. The van der Waals surface area contributed by atoms with Gasteiger partial charge in [-0.15, -0.1) is 11.3 Å². The minimum absolute atomic E-state index is 0.106. The smallest absolute Gasteiger partial charge is 0.407 e. The summed E-state index contributed by atoms with van der Waals surface area (Å²) in [7, 11) is 1.90. The van der Waals surface area contributed by atoms with Gasteiger partial charge in [0.05, 0.1) is 16.3 Å². The van der Waals surface area contributed by atoms with Gasteiger partial charge in [0.15, 0.2) is 0 Å². The van der Waals surface area contributed by atoms with E-state index < -0.39 is 5.60 Å². The lowest BCUT2D eigenvalue weighted by molar-refractivity contribution is 0.0470. The van der Waals surface area contributed by atoms with Gasteiger partial charge in [-0.2, -0.15) is 0 Å². The lowest BCUT2D eigenvalue weighted by Gasteiger charge is -2.30. The van der Waals surface area contributed by atoms with E-state index in [1.807, 2.05) is 98.4 Å². The number of nitrogens with zero attached hydrogens (tertiary/aromatic N) is 1. The van der Waals surface area contributed by atoms with Crippen molar-refractivity contribution in [3.63, 3.8) is 0 Å². The number of aromatic nitrogens is 1. The number of amides is 2. The van der Waals surface area contributed by atoms with Gasteiger partial charge in [0.25, 0.3) is 5.91 Å². The van der Waals surface area contributed by atoms with Crippen LogP contribution in [0.15, 0.2) is 66.0 Å². The Morgan fingerprint density at radius 3 is 2.39 bits per heavy atom. The van der Waals surface area contributed by atoms with Crippen molar-refractivity contribution in [2.24, 2.45) is 7.05 Å². The highest BCUT2D eigenvalue weighted by atomic mass is 32.1.